The van der Waals surface area contributed by atoms with Crippen molar-refractivity contribution in [1.29, 1.82) is 0 Å². The Hall–Kier alpha value is -0.960. The smallest absolute Gasteiger partial charge is 0.275 e. The van der Waals surface area contributed by atoms with Crippen LogP contribution in [0.2, 0.25) is 0 Å². The fourth-order valence-electron chi connectivity index (χ4n) is 1.51. The number of carbonyl (C=O) groups is 1. The fourth-order valence-corrected chi connectivity index (χ4v) is 3.67. The predicted octanol–water partition coefficient (Wildman–Crippen LogP) is 2.09. The summed E-state index contributed by atoms with van der Waals surface area (Å²) in [5.74, 6) is 4.74. The Labute approximate surface area is 129 Å². The number of hydrogen-bond donors (Lipinski definition) is 2. The van der Waals surface area contributed by atoms with Crippen molar-refractivity contribution in [2.75, 3.05) is 0 Å². The number of rotatable bonds is 3. The Bertz CT molecular complexity index is 681. The first-order chi connectivity index (χ1) is 9.01. The zero-order valence-electron chi connectivity index (χ0n) is 9.52. The molecule has 2 aromatic heterocycles. The minimum atomic E-state index is -0.334. The third kappa shape index (κ3) is 3.33. The first kappa shape index (κ1) is 14.4. The zero-order chi connectivity index (χ0) is 14.0. The predicted molar refractivity (Wildman–Crippen MR) is 81.2 cm³/mol. The third-order valence-electron chi connectivity index (χ3n) is 2.35. The van der Waals surface area contributed by atoms with Crippen LogP contribution in [-0.2, 0) is 6.54 Å². The lowest BCUT2D eigenvalue weighted by Crippen LogP contribution is -2.29. The van der Waals surface area contributed by atoms with Gasteiger partial charge in [-0.3, -0.25) is 15.0 Å². The van der Waals surface area contributed by atoms with Crippen molar-refractivity contribution in [3.63, 3.8) is 0 Å². The molecule has 0 aliphatic heterocycles. The van der Waals surface area contributed by atoms with E-state index in [4.69, 9.17) is 5.84 Å². The van der Waals surface area contributed by atoms with Crippen LogP contribution < -0.4 is 16.8 Å². The maximum Gasteiger partial charge on any atom is 0.275 e. The van der Waals surface area contributed by atoms with Crippen molar-refractivity contribution in [3.05, 3.63) is 53.4 Å². The van der Waals surface area contributed by atoms with Crippen molar-refractivity contribution in [1.82, 2.24) is 9.99 Å². The summed E-state index contributed by atoms with van der Waals surface area (Å²) in [4.78, 5) is 24.7. The standard InChI is InChI=1S/C11H9Br2N3O2S/c12-6-3-8(13)11(18)16(4-6)5-7-1-2-9(19-7)10(17)15-14/h1-4H,5,14H2,(H,15,17). The number of nitrogen functional groups attached to an aromatic ring is 1. The quantitative estimate of drug-likeness (QED) is 0.465. The number of amides is 1. The van der Waals surface area contributed by atoms with Crippen LogP contribution in [0.1, 0.15) is 14.5 Å². The van der Waals surface area contributed by atoms with E-state index in [-0.39, 0.29) is 11.5 Å². The van der Waals surface area contributed by atoms with Gasteiger partial charge in [0.15, 0.2) is 0 Å². The molecule has 2 heterocycles. The van der Waals surface area contributed by atoms with Gasteiger partial charge < -0.3 is 4.57 Å². The van der Waals surface area contributed by atoms with Crippen LogP contribution in [0.4, 0.5) is 0 Å². The van der Waals surface area contributed by atoms with Crippen LogP contribution in [-0.4, -0.2) is 10.5 Å². The molecule has 3 N–H and O–H groups in total. The first-order valence-electron chi connectivity index (χ1n) is 5.16. The van der Waals surface area contributed by atoms with Crippen molar-refractivity contribution >= 4 is 49.1 Å². The van der Waals surface area contributed by atoms with Crippen LogP contribution in [0.15, 0.2) is 38.1 Å². The van der Waals surface area contributed by atoms with Crippen molar-refractivity contribution in [2.24, 2.45) is 5.84 Å². The molecule has 100 valence electrons. The number of nitrogens with two attached hydrogens (primary N) is 1. The number of aromatic nitrogens is 1. The molecule has 0 aliphatic carbocycles. The summed E-state index contributed by atoms with van der Waals surface area (Å²) >= 11 is 7.84. The van der Waals surface area contributed by atoms with Crippen molar-refractivity contribution in [2.45, 2.75) is 6.54 Å². The topological polar surface area (TPSA) is 77.1 Å². The van der Waals surface area contributed by atoms with Gasteiger partial charge in [0.05, 0.1) is 15.9 Å². The van der Waals surface area contributed by atoms with E-state index in [1.807, 2.05) is 0 Å². The summed E-state index contributed by atoms with van der Waals surface area (Å²) in [7, 11) is 0. The molecule has 0 aliphatic rings. The SMILES string of the molecule is NNC(=O)c1ccc(Cn2cc(Br)cc(Br)c2=O)s1. The molecule has 0 bridgehead atoms. The Kier molecular flexibility index (Phi) is 4.56. The Morgan fingerprint density at radius 2 is 2.16 bits per heavy atom. The highest BCUT2D eigenvalue weighted by atomic mass is 79.9. The first-order valence-corrected chi connectivity index (χ1v) is 7.56. The number of hydrogen-bond acceptors (Lipinski definition) is 4. The Morgan fingerprint density at radius 1 is 1.42 bits per heavy atom. The lowest BCUT2D eigenvalue weighted by molar-refractivity contribution is 0.0957. The van der Waals surface area contributed by atoms with Gasteiger partial charge in [-0.1, -0.05) is 0 Å². The second kappa shape index (κ2) is 6.00. The monoisotopic (exact) mass is 405 g/mol. The molecule has 8 heteroatoms. The molecular formula is C11H9Br2N3O2S. The number of carbonyl (C=O) groups excluding carboxylic acids is 1. The minimum absolute atomic E-state index is 0.124. The van der Waals surface area contributed by atoms with Gasteiger partial charge >= 0.3 is 0 Å². The van der Waals surface area contributed by atoms with Gasteiger partial charge in [-0.25, -0.2) is 5.84 Å². The van der Waals surface area contributed by atoms with Crippen LogP contribution in [0.25, 0.3) is 0 Å². The van der Waals surface area contributed by atoms with Gasteiger partial charge in [0.25, 0.3) is 11.5 Å². The number of halogens is 2. The van der Waals surface area contributed by atoms with Gasteiger partial charge in [-0.2, -0.15) is 0 Å². The maximum atomic E-state index is 11.9. The van der Waals surface area contributed by atoms with E-state index >= 15 is 0 Å². The summed E-state index contributed by atoms with van der Waals surface area (Å²) in [6.07, 6.45) is 1.70. The maximum absolute atomic E-state index is 11.9. The van der Waals surface area contributed by atoms with E-state index in [9.17, 15) is 9.59 Å². The van der Waals surface area contributed by atoms with Gasteiger partial charge in [-0.15, -0.1) is 11.3 Å². The average Bonchev–Trinajstić information content (AvgIpc) is 2.83. The average molecular weight is 407 g/mol. The van der Waals surface area contributed by atoms with E-state index < -0.39 is 0 Å². The zero-order valence-corrected chi connectivity index (χ0v) is 13.5. The largest absolute Gasteiger partial charge is 0.308 e. The minimum Gasteiger partial charge on any atom is -0.308 e. The number of nitrogens with one attached hydrogen (secondary N) is 1. The Balaban J connectivity index is 2.29. The lowest BCUT2D eigenvalue weighted by atomic mass is 10.4. The lowest BCUT2D eigenvalue weighted by Gasteiger charge is -2.05. The highest BCUT2D eigenvalue weighted by molar-refractivity contribution is 9.11. The molecule has 2 rings (SSSR count). The third-order valence-corrected chi connectivity index (χ3v) is 4.42. The molecule has 0 radical (unpaired) electrons. The van der Waals surface area contributed by atoms with Crippen molar-refractivity contribution in [3.8, 4) is 0 Å². The number of nitrogens with zero attached hydrogens (tertiary/aromatic N) is 1. The summed E-state index contributed by atoms with van der Waals surface area (Å²) in [6.45, 7) is 0.402. The van der Waals surface area contributed by atoms with E-state index in [0.29, 0.717) is 15.9 Å². The highest BCUT2D eigenvalue weighted by Crippen LogP contribution is 2.19. The van der Waals surface area contributed by atoms with Crippen molar-refractivity contribution < 1.29 is 4.79 Å². The molecule has 19 heavy (non-hydrogen) atoms. The second-order valence-corrected chi connectivity index (χ2v) is 6.62. The summed E-state index contributed by atoms with van der Waals surface area (Å²) < 4.78 is 2.85. The fraction of sp³-hybridized carbons (Fsp3) is 0.0909. The van der Waals surface area contributed by atoms with E-state index in [1.165, 1.54) is 11.3 Å². The number of thiophene rings is 1. The van der Waals surface area contributed by atoms with E-state index in [0.717, 1.165) is 9.35 Å². The summed E-state index contributed by atoms with van der Waals surface area (Å²) in [5, 5.41) is 0. The molecule has 0 unspecified atom stereocenters. The van der Waals surface area contributed by atoms with Crippen LogP contribution in [0.3, 0.4) is 0 Å². The van der Waals surface area contributed by atoms with Gasteiger partial charge in [0.1, 0.15) is 0 Å². The number of hydrazine groups is 1. The molecule has 1 amide bonds. The molecule has 0 fully saturated rings. The van der Waals surface area contributed by atoms with E-state index in [2.05, 4.69) is 37.3 Å². The molecule has 0 spiro atoms. The van der Waals surface area contributed by atoms with Crippen LogP contribution in [0.5, 0.6) is 0 Å². The number of pyridine rings is 1. The Morgan fingerprint density at radius 3 is 2.84 bits per heavy atom. The highest BCUT2D eigenvalue weighted by Gasteiger charge is 2.09. The second-order valence-electron chi connectivity index (χ2n) is 3.68. The van der Waals surface area contributed by atoms with E-state index in [1.54, 1.807) is 29.0 Å². The molecule has 0 saturated heterocycles. The van der Waals surface area contributed by atoms with Gasteiger partial charge in [0.2, 0.25) is 0 Å². The summed E-state index contributed by atoms with van der Waals surface area (Å²) in [5.41, 5.74) is 1.95. The summed E-state index contributed by atoms with van der Waals surface area (Å²) in [6, 6.07) is 5.18. The molecule has 5 nitrogen and oxygen atoms in total. The molecule has 2 aromatic rings. The molecular weight excluding hydrogens is 398 g/mol. The molecule has 0 atom stereocenters. The van der Waals surface area contributed by atoms with Gasteiger partial charge in [0, 0.05) is 15.5 Å². The molecule has 0 aromatic carbocycles. The van der Waals surface area contributed by atoms with Crippen LogP contribution in [0, 0.1) is 0 Å². The van der Waals surface area contributed by atoms with Gasteiger partial charge in [-0.05, 0) is 50.1 Å². The van der Waals surface area contributed by atoms with Crippen LogP contribution >= 0.6 is 43.2 Å². The molecule has 0 saturated carbocycles. The normalized spacial score (nSPS) is 10.5.